The van der Waals surface area contributed by atoms with E-state index in [-0.39, 0.29) is 0 Å². The Kier molecular flexibility index (Phi) is 3.87. The van der Waals surface area contributed by atoms with Crippen LogP contribution in [0.5, 0.6) is 5.75 Å². The molecule has 2 aromatic heterocycles. The van der Waals surface area contributed by atoms with Crippen LogP contribution in [0.2, 0.25) is 5.15 Å². The molecule has 0 aliphatic rings. The average molecular weight is 304 g/mol. The van der Waals surface area contributed by atoms with E-state index in [1.54, 1.807) is 10.6 Å². The minimum Gasteiger partial charge on any atom is -0.492 e. The van der Waals surface area contributed by atoms with Crippen molar-refractivity contribution in [2.45, 2.75) is 6.92 Å². The molecule has 1 N–H and O–H groups in total. The normalized spacial score (nSPS) is 10.8. The molecule has 0 amide bonds. The van der Waals surface area contributed by atoms with E-state index in [1.807, 2.05) is 31.2 Å². The number of benzene rings is 1. The predicted octanol–water partition coefficient (Wildman–Crippen LogP) is 2.58. The number of nitrogens with zero attached hydrogens (tertiary/aromatic N) is 4. The van der Waals surface area contributed by atoms with Crippen molar-refractivity contribution in [1.29, 1.82) is 0 Å². The standard InChI is InChI=1S/C14H14ClN5O/c1-10-3-2-4-11(7-10)21-6-5-16-13-8-12(15)19-14-17-9-18-20(13)14/h2-4,7-9,16H,5-6H2,1H3. The average Bonchev–Trinajstić information content (AvgIpc) is 2.91. The van der Waals surface area contributed by atoms with Gasteiger partial charge in [0.05, 0.1) is 6.54 Å². The lowest BCUT2D eigenvalue weighted by atomic mass is 10.2. The number of anilines is 1. The van der Waals surface area contributed by atoms with E-state index >= 15 is 0 Å². The quantitative estimate of drug-likeness (QED) is 0.580. The first-order valence-corrected chi connectivity index (χ1v) is 6.90. The molecule has 0 radical (unpaired) electrons. The van der Waals surface area contributed by atoms with Gasteiger partial charge in [-0.05, 0) is 24.6 Å². The second kappa shape index (κ2) is 5.97. The van der Waals surface area contributed by atoms with Crippen LogP contribution in [0.3, 0.4) is 0 Å². The summed E-state index contributed by atoms with van der Waals surface area (Å²) in [7, 11) is 0. The first-order chi connectivity index (χ1) is 10.2. The lowest BCUT2D eigenvalue weighted by Gasteiger charge is -2.10. The molecule has 1 aromatic carbocycles. The second-order valence-electron chi connectivity index (χ2n) is 4.53. The molecule has 0 unspecified atom stereocenters. The maximum absolute atomic E-state index is 5.94. The van der Waals surface area contributed by atoms with Crippen molar-refractivity contribution in [2.24, 2.45) is 0 Å². The Morgan fingerprint density at radius 2 is 2.24 bits per heavy atom. The summed E-state index contributed by atoms with van der Waals surface area (Å²) in [6, 6.07) is 9.64. The monoisotopic (exact) mass is 303 g/mol. The third-order valence-corrected chi connectivity index (χ3v) is 3.08. The SMILES string of the molecule is Cc1cccc(OCCNc2cc(Cl)nc3ncnn23)c1. The third-order valence-electron chi connectivity index (χ3n) is 2.89. The van der Waals surface area contributed by atoms with E-state index in [9.17, 15) is 0 Å². The van der Waals surface area contributed by atoms with Crippen LogP contribution >= 0.6 is 11.6 Å². The number of fused-ring (bicyclic) bond motifs is 1. The molecule has 0 fully saturated rings. The number of rotatable bonds is 5. The zero-order chi connectivity index (χ0) is 14.7. The number of aryl methyl sites for hydroxylation is 1. The topological polar surface area (TPSA) is 64.3 Å². The molecule has 6 nitrogen and oxygen atoms in total. The van der Waals surface area contributed by atoms with Gasteiger partial charge in [0.2, 0.25) is 0 Å². The summed E-state index contributed by atoms with van der Waals surface area (Å²) in [5, 5.41) is 7.67. The molecular formula is C14H14ClN5O. The highest BCUT2D eigenvalue weighted by Crippen LogP contribution is 2.15. The second-order valence-corrected chi connectivity index (χ2v) is 4.91. The zero-order valence-electron chi connectivity index (χ0n) is 11.5. The van der Waals surface area contributed by atoms with Gasteiger partial charge in [-0.3, -0.25) is 0 Å². The lowest BCUT2D eigenvalue weighted by Crippen LogP contribution is -2.14. The smallest absolute Gasteiger partial charge is 0.255 e. The summed E-state index contributed by atoms with van der Waals surface area (Å²) >= 11 is 5.94. The van der Waals surface area contributed by atoms with Crippen molar-refractivity contribution in [2.75, 3.05) is 18.5 Å². The fourth-order valence-corrected chi connectivity index (χ4v) is 2.14. The number of hydrogen-bond acceptors (Lipinski definition) is 5. The molecule has 7 heteroatoms. The third kappa shape index (κ3) is 3.22. The Morgan fingerprint density at radius 1 is 1.33 bits per heavy atom. The van der Waals surface area contributed by atoms with Gasteiger partial charge in [-0.25, -0.2) is 0 Å². The number of aromatic nitrogens is 4. The van der Waals surface area contributed by atoms with E-state index in [1.165, 1.54) is 11.9 Å². The van der Waals surface area contributed by atoms with Crippen LogP contribution in [0.25, 0.3) is 5.78 Å². The highest BCUT2D eigenvalue weighted by Gasteiger charge is 2.05. The Balaban J connectivity index is 1.61. The van der Waals surface area contributed by atoms with E-state index in [0.29, 0.717) is 24.1 Å². The summed E-state index contributed by atoms with van der Waals surface area (Å²) in [6.45, 7) is 3.17. The van der Waals surface area contributed by atoms with Gasteiger partial charge >= 0.3 is 0 Å². The highest BCUT2D eigenvalue weighted by molar-refractivity contribution is 6.29. The Bertz CT molecular complexity index is 758. The lowest BCUT2D eigenvalue weighted by molar-refractivity contribution is 0.332. The molecule has 0 saturated carbocycles. The molecule has 21 heavy (non-hydrogen) atoms. The van der Waals surface area contributed by atoms with Crippen molar-refractivity contribution >= 4 is 23.2 Å². The van der Waals surface area contributed by atoms with Crippen LogP contribution in [0.4, 0.5) is 5.82 Å². The van der Waals surface area contributed by atoms with Gasteiger partial charge in [-0.15, -0.1) is 0 Å². The van der Waals surface area contributed by atoms with Crippen molar-refractivity contribution in [3.05, 3.63) is 47.4 Å². The van der Waals surface area contributed by atoms with Crippen LogP contribution in [0, 0.1) is 6.92 Å². The summed E-state index contributed by atoms with van der Waals surface area (Å²) in [6.07, 6.45) is 1.44. The molecule has 108 valence electrons. The van der Waals surface area contributed by atoms with Gasteiger partial charge < -0.3 is 10.1 Å². The van der Waals surface area contributed by atoms with Crippen LogP contribution in [0.15, 0.2) is 36.7 Å². The van der Waals surface area contributed by atoms with Crippen LogP contribution in [-0.2, 0) is 0 Å². The molecular weight excluding hydrogens is 290 g/mol. The van der Waals surface area contributed by atoms with E-state index in [0.717, 1.165) is 11.6 Å². The van der Waals surface area contributed by atoms with Gasteiger partial charge in [-0.1, -0.05) is 23.7 Å². The largest absolute Gasteiger partial charge is 0.492 e. The Morgan fingerprint density at radius 3 is 3.10 bits per heavy atom. The van der Waals surface area contributed by atoms with Crippen LogP contribution in [0.1, 0.15) is 5.56 Å². The van der Waals surface area contributed by atoms with Crippen LogP contribution in [-0.4, -0.2) is 32.7 Å². The highest BCUT2D eigenvalue weighted by atomic mass is 35.5. The van der Waals surface area contributed by atoms with Crippen molar-refractivity contribution < 1.29 is 4.74 Å². The molecule has 2 heterocycles. The van der Waals surface area contributed by atoms with Gasteiger partial charge in [0, 0.05) is 6.07 Å². The number of halogens is 1. The fourth-order valence-electron chi connectivity index (χ4n) is 1.96. The van der Waals surface area contributed by atoms with Gasteiger partial charge in [0.25, 0.3) is 5.78 Å². The number of hydrogen-bond donors (Lipinski definition) is 1. The summed E-state index contributed by atoms with van der Waals surface area (Å²) < 4.78 is 7.27. The van der Waals surface area contributed by atoms with E-state index in [2.05, 4.69) is 20.4 Å². The van der Waals surface area contributed by atoms with Crippen molar-refractivity contribution in [1.82, 2.24) is 19.6 Å². The van der Waals surface area contributed by atoms with Gasteiger partial charge in [-0.2, -0.15) is 19.6 Å². The van der Waals surface area contributed by atoms with Crippen LogP contribution < -0.4 is 10.1 Å². The molecule has 0 saturated heterocycles. The molecule has 0 aliphatic carbocycles. The molecule has 0 bridgehead atoms. The van der Waals surface area contributed by atoms with Gasteiger partial charge in [0.15, 0.2) is 0 Å². The Hall–Kier alpha value is -2.34. The zero-order valence-corrected chi connectivity index (χ0v) is 12.2. The number of ether oxygens (including phenoxy) is 1. The summed E-state index contributed by atoms with van der Waals surface area (Å²) in [5.41, 5.74) is 1.17. The summed E-state index contributed by atoms with van der Waals surface area (Å²) in [5.74, 6) is 2.05. The molecule has 3 rings (SSSR count). The first kappa shape index (κ1) is 13.6. The van der Waals surface area contributed by atoms with Crippen molar-refractivity contribution in [3.8, 4) is 5.75 Å². The molecule has 0 spiro atoms. The van der Waals surface area contributed by atoms with Crippen molar-refractivity contribution in [3.63, 3.8) is 0 Å². The fraction of sp³-hybridized carbons (Fsp3) is 0.214. The maximum atomic E-state index is 5.94. The molecule has 0 atom stereocenters. The first-order valence-electron chi connectivity index (χ1n) is 6.52. The predicted molar refractivity (Wildman–Crippen MR) is 81.0 cm³/mol. The van der Waals surface area contributed by atoms with E-state index < -0.39 is 0 Å². The van der Waals surface area contributed by atoms with Gasteiger partial charge in [0.1, 0.15) is 29.7 Å². The van der Waals surface area contributed by atoms with E-state index in [4.69, 9.17) is 16.3 Å². The maximum Gasteiger partial charge on any atom is 0.255 e. The number of nitrogens with one attached hydrogen (secondary N) is 1. The minimum absolute atomic E-state index is 0.373. The molecule has 0 aliphatic heterocycles. The summed E-state index contributed by atoms with van der Waals surface area (Å²) in [4.78, 5) is 8.08. The Labute approximate surface area is 126 Å². The molecule has 3 aromatic rings. The minimum atomic E-state index is 0.373.